The van der Waals surface area contributed by atoms with Crippen LogP contribution in [0, 0.1) is 0 Å². The fraction of sp³-hybridized carbons (Fsp3) is 0.262. The number of benzene rings is 8. The Hall–Kier alpha value is -6.78. The van der Waals surface area contributed by atoms with Crippen molar-refractivity contribution < 1.29 is 0 Å². The first-order chi connectivity index (χ1) is 34.0. The lowest BCUT2D eigenvalue weighted by molar-refractivity contribution is 0.476. The highest BCUT2D eigenvalue weighted by Crippen LogP contribution is 2.56. The number of anilines is 9. The van der Waals surface area contributed by atoms with Crippen molar-refractivity contribution in [3.8, 4) is 11.1 Å². The molecule has 5 aliphatic carbocycles. The summed E-state index contributed by atoms with van der Waals surface area (Å²) in [6.07, 6.45) is 15.3. The van der Waals surface area contributed by atoms with Crippen molar-refractivity contribution in [1.29, 1.82) is 0 Å². The molecule has 0 spiro atoms. The minimum atomic E-state index is -0.229. The van der Waals surface area contributed by atoms with Gasteiger partial charge in [0.25, 0.3) is 6.71 Å². The van der Waals surface area contributed by atoms with E-state index in [2.05, 4.69) is 186 Å². The second-order valence-corrected chi connectivity index (χ2v) is 21.9. The molecule has 8 aromatic carbocycles. The molecule has 15 rings (SSSR count). The largest absolute Gasteiger partial charge is 0.311 e. The molecule has 0 saturated heterocycles. The van der Waals surface area contributed by atoms with Crippen molar-refractivity contribution in [3.63, 3.8) is 0 Å². The van der Waals surface area contributed by atoms with Gasteiger partial charge >= 0.3 is 0 Å². The van der Waals surface area contributed by atoms with E-state index in [-0.39, 0.29) is 12.1 Å². The number of para-hydroxylation sites is 3. The molecule has 0 aromatic heterocycles. The van der Waals surface area contributed by atoms with Gasteiger partial charge in [-0.1, -0.05) is 98.8 Å². The molecular formula is C65H58BN3. The zero-order valence-electron chi connectivity index (χ0n) is 40.1. The van der Waals surface area contributed by atoms with Crippen LogP contribution in [0.4, 0.5) is 51.2 Å². The zero-order chi connectivity index (χ0) is 45.5. The van der Waals surface area contributed by atoms with E-state index in [1.54, 1.807) is 33.4 Å². The Morgan fingerprint density at radius 3 is 1.78 bits per heavy atom. The van der Waals surface area contributed by atoms with Crippen LogP contribution in [-0.2, 0) is 31.1 Å². The molecule has 0 amide bonds. The highest BCUT2D eigenvalue weighted by molar-refractivity contribution is 7.00. The maximum atomic E-state index is 2.86. The highest BCUT2D eigenvalue weighted by atomic mass is 15.2. The number of hydrogen-bond donors (Lipinski definition) is 0. The Labute approximate surface area is 408 Å². The SMILES string of the molecule is CC1(C)c2cc(N(c3ccccc3)c3ccccc3)ccc2-c2cc3c(cc21)B1c2cc4c5c(c2N(c2ccc6c7c2CCCC7CCC6)c2cccc(c21)N3c1ccccc1)CCCC5CCC4. The van der Waals surface area contributed by atoms with Gasteiger partial charge in [0.1, 0.15) is 0 Å². The average Bonchev–Trinajstić information content (AvgIpc) is 3.61. The monoisotopic (exact) mass is 891 g/mol. The number of nitrogens with zero attached hydrogens (tertiary/aromatic N) is 3. The van der Waals surface area contributed by atoms with Gasteiger partial charge in [0, 0.05) is 56.6 Å². The van der Waals surface area contributed by atoms with Gasteiger partial charge in [-0.15, -0.1) is 0 Å². The van der Waals surface area contributed by atoms with E-state index in [4.69, 9.17) is 0 Å². The minimum absolute atomic E-state index is 0.107. The van der Waals surface area contributed by atoms with E-state index >= 15 is 0 Å². The average molecular weight is 892 g/mol. The number of fused-ring (bicyclic) bond motifs is 8. The van der Waals surface area contributed by atoms with Crippen molar-refractivity contribution in [3.05, 3.63) is 202 Å². The maximum absolute atomic E-state index is 2.86. The highest BCUT2D eigenvalue weighted by Gasteiger charge is 2.48. The van der Waals surface area contributed by atoms with E-state index < -0.39 is 0 Å². The van der Waals surface area contributed by atoms with Crippen LogP contribution in [0.15, 0.2) is 158 Å². The molecule has 4 heteroatoms. The molecule has 0 saturated carbocycles. The van der Waals surface area contributed by atoms with Crippen molar-refractivity contribution in [2.45, 2.75) is 108 Å². The van der Waals surface area contributed by atoms with Crippen molar-refractivity contribution in [2.75, 3.05) is 14.7 Å². The third kappa shape index (κ3) is 5.75. The quantitative estimate of drug-likeness (QED) is 0.159. The van der Waals surface area contributed by atoms with Crippen LogP contribution in [0.1, 0.15) is 122 Å². The molecule has 69 heavy (non-hydrogen) atoms. The zero-order valence-corrected chi connectivity index (χ0v) is 40.1. The molecule has 336 valence electrons. The molecule has 8 aromatic rings. The van der Waals surface area contributed by atoms with E-state index in [0.717, 1.165) is 11.4 Å². The Kier molecular flexibility index (Phi) is 8.79. The third-order valence-electron chi connectivity index (χ3n) is 18.0. The molecule has 2 heterocycles. The molecule has 0 fully saturated rings. The van der Waals surface area contributed by atoms with Gasteiger partial charge in [0.15, 0.2) is 0 Å². The summed E-state index contributed by atoms with van der Waals surface area (Å²) < 4.78 is 0. The first kappa shape index (κ1) is 40.1. The molecule has 2 atom stereocenters. The van der Waals surface area contributed by atoms with Crippen LogP contribution in [0.3, 0.4) is 0 Å². The van der Waals surface area contributed by atoms with E-state index in [9.17, 15) is 0 Å². The smallest absolute Gasteiger partial charge is 0.252 e. The molecule has 2 unspecified atom stereocenters. The Morgan fingerprint density at radius 2 is 1.07 bits per heavy atom. The summed E-state index contributed by atoms with van der Waals surface area (Å²) in [4.78, 5) is 7.91. The van der Waals surface area contributed by atoms with Crippen LogP contribution in [-0.4, -0.2) is 6.71 Å². The predicted molar refractivity (Wildman–Crippen MR) is 290 cm³/mol. The molecule has 7 aliphatic rings. The Morgan fingerprint density at radius 1 is 0.464 bits per heavy atom. The van der Waals surface area contributed by atoms with Gasteiger partial charge < -0.3 is 14.7 Å². The van der Waals surface area contributed by atoms with Gasteiger partial charge in [0.2, 0.25) is 0 Å². The predicted octanol–water partition coefficient (Wildman–Crippen LogP) is 15.1. The van der Waals surface area contributed by atoms with Crippen molar-refractivity contribution in [2.24, 2.45) is 0 Å². The van der Waals surface area contributed by atoms with E-state index in [1.165, 1.54) is 156 Å². The van der Waals surface area contributed by atoms with E-state index in [1.807, 2.05) is 0 Å². The van der Waals surface area contributed by atoms with Crippen LogP contribution in [0.5, 0.6) is 0 Å². The Balaban J connectivity index is 0.984. The summed E-state index contributed by atoms with van der Waals surface area (Å²) in [5.74, 6) is 1.39. The van der Waals surface area contributed by atoms with Gasteiger partial charge in [-0.05, 0) is 234 Å². The second kappa shape index (κ2) is 15.1. The molecule has 0 N–H and O–H groups in total. The Bertz CT molecular complexity index is 3370. The topological polar surface area (TPSA) is 9.72 Å². The first-order valence-electron chi connectivity index (χ1n) is 26.4. The molecular weight excluding hydrogens is 834 g/mol. The van der Waals surface area contributed by atoms with Crippen molar-refractivity contribution >= 4 is 74.3 Å². The first-order valence-corrected chi connectivity index (χ1v) is 26.4. The summed E-state index contributed by atoms with van der Waals surface area (Å²) in [5.41, 5.74) is 31.5. The number of hydrogen-bond acceptors (Lipinski definition) is 3. The fourth-order valence-corrected chi connectivity index (χ4v) is 15.2. The second-order valence-electron chi connectivity index (χ2n) is 21.9. The van der Waals surface area contributed by atoms with Crippen LogP contribution < -0.4 is 31.1 Å². The van der Waals surface area contributed by atoms with Gasteiger partial charge in [-0.2, -0.15) is 0 Å². The summed E-state index contributed by atoms with van der Waals surface area (Å²) in [6.45, 7) is 5.06. The lowest BCUT2D eigenvalue weighted by atomic mass is 9.32. The lowest BCUT2D eigenvalue weighted by Gasteiger charge is -2.47. The summed E-state index contributed by atoms with van der Waals surface area (Å²) >= 11 is 0. The van der Waals surface area contributed by atoms with Gasteiger partial charge in [-0.25, -0.2) is 0 Å². The van der Waals surface area contributed by atoms with E-state index in [0.29, 0.717) is 11.8 Å². The van der Waals surface area contributed by atoms with Crippen LogP contribution in [0.25, 0.3) is 11.1 Å². The number of aryl methyl sites for hydroxylation is 2. The fourth-order valence-electron chi connectivity index (χ4n) is 15.2. The molecule has 2 aliphatic heterocycles. The van der Waals surface area contributed by atoms with Crippen LogP contribution in [0.2, 0.25) is 0 Å². The number of rotatable bonds is 5. The minimum Gasteiger partial charge on any atom is -0.311 e. The molecule has 0 radical (unpaired) electrons. The molecule has 0 bridgehead atoms. The maximum Gasteiger partial charge on any atom is 0.252 e. The van der Waals surface area contributed by atoms with Gasteiger partial charge in [-0.3, -0.25) is 0 Å². The standard InChI is InChI=1S/C65H58BN3/c1-65(2)53-38-48(67(45-23-6-3-7-24-45)46-25-8-4-9-26-46)34-35-49(53)52-39-60-55(40-54(52)65)66-56-37-44-22-13-18-42-21-15-30-51(62(42)44)64(56)69(57-36-33-43-19-12-17-41-20-14-29-50(57)61(41)43)59-32-16-31-58(63(59)66)68(60)47-27-10-5-11-28-47/h3-11,16,23-28,31-42H,12-15,17-22,29-30H2,1-2H3. The van der Waals surface area contributed by atoms with Crippen molar-refractivity contribution in [1.82, 2.24) is 0 Å². The molecule has 3 nitrogen and oxygen atoms in total. The van der Waals surface area contributed by atoms with Gasteiger partial charge in [0.05, 0.1) is 0 Å². The third-order valence-corrected chi connectivity index (χ3v) is 18.0. The lowest BCUT2D eigenvalue weighted by Crippen LogP contribution is -2.62. The van der Waals surface area contributed by atoms with Crippen LogP contribution >= 0.6 is 0 Å². The summed E-state index contributed by atoms with van der Waals surface area (Å²) in [7, 11) is 0. The summed E-state index contributed by atoms with van der Waals surface area (Å²) in [6, 6.07) is 60.7. The normalized spacial score (nSPS) is 19.4. The summed E-state index contributed by atoms with van der Waals surface area (Å²) in [5, 5.41) is 0.